The predicted octanol–water partition coefficient (Wildman–Crippen LogP) is 5.49. The Kier molecular flexibility index (Phi) is 7.88. The molecule has 1 fully saturated rings. The maximum absolute atomic E-state index is 13.6. The predicted molar refractivity (Wildman–Crippen MR) is 125 cm³/mol. The zero-order valence-corrected chi connectivity index (χ0v) is 19.6. The Morgan fingerprint density at radius 2 is 1.81 bits per heavy atom. The lowest BCUT2D eigenvalue weighted by molar-refractivity contribution is -0.135. The van der Waals surface area contributed by atoms with Crippen LogP contribution in [-0.4, -0.2) is 41.9 Å². The highest BCUT2D eigenvalue weighted by atomic mass is 19.1. The van der Waals surface area contributed by atoms with E-state index in [-0.39, 0.29) is 17.6 Å². The van der Waals surface area contributed by atoms with Crippen LogP contribution in [0.15, 0.2) is 48.5 Å². The van der Waals surface area contributed by atoms with Crippen LogP contribution >= 0.6 is 0 Å². The molecule has 0 spiro atoms. The molecule has 0 N–H and O–H groups in total. The van der Waals surface area contributed by atoms with Gasteiger partial charge >= 0.3 is 0 Å². The van der Waals surface area contributed by atoms with Crippen LogP contribution in [0.5, 0.6) is 0 Å². The van der Waals surface area contributed by atoms with Crippen LogP contribution in [0.1, 0.15) is 50.3 Å². The molecule has 0 unspecified atom stereocenters. The molecule has 0 aliphatic carbocycles. The molecule has 168 valence electrons. The Balaban J connectivity index is 1.82. The van der Waals surface area contributed by atoms with Crippen LogP contribution in [0.2, 0.25) is 0 Å². The third-order valence-electron chi connectivity index (χ3n) is 6.15. The standard InChI is InChI=1S/C27H37FN2O/c1-19(2)14-30(27(31)20(3)4)17-24-16-29(15-22-8-6-7-21(5)13-22)18-26(24)23-9-11-25(28)12-10-23/h6-13,19-20,24,26H,14-18H2,1-5H3/t24-,26+/m1/s1. The van der Waals surface area contributed by atoms with Crippen LogP contribution < -0.4 is 0 Å². The first-order chi connectivity index (χ1) is 14.7. The highest BCUT2D eigenvalue weighted by Crippen LogP contribution is 2.34. The summed E-state index contributed by atoms with van der Waals surface area (Å²) in [4.78, 5) is 17.5. The Labute approximate surface area is 187 Å². The van der Waals surface area contributed by atoms with Gasteiger partial charge < -0.3 is 4.90 Å². The monoisotopic (exact) mass is 424 g/mol. The number of nitrogens with zero attached hydrogens (tertiary/aromatic N) is 2. The first kappa shape index (κ1) is 23.5. The lowest BCUT2D eigenvalue weighted by Crippen LogP contribution is -2.41. The van der Waals surface area contributed by atoms with E-state index in [9.17, 15) is 9.18 Å². The molecule has 31 heavy (non-hydrogen) atoms. The van der Waals surface area contributed by atoms with Gasteiger partial charge in [0.05, 0.1) is 0 Å². The molecule has 0 saturated carbocycles. The van der Waals surface area contributed by atoms with Gasteiger partial charge in [-0.05, 0) is 42.0 Å². The van der Waals surface area contributed by atoms with Gasteiger partial charge in [0, 0.05) is 44.6 Å². The van der Waals surface area contributed by atoms with Crippen molar-refractivity contribution in [1.29, 1.82) is 0 Å². The number of aryl methyl sites for hydroxylation is 1. The van der Waals surface area contributed by atoms with Gasteiger partial charge in [-0.2, -0.15) is 0 Å². The Hall–Kier alpha value is -2.20. The number of hydrogen-bond donors (Lipinski definition) is 0. The summed E-state index contributed by atoms with van der Waals surface area (Å²) in [7, 11) is 0. The summed E-state index contributed by atoms with van der Waals surface area (Å²) in [6, 6.07) is 15.6. The minimum Gasteiger partial charge on any atom is -0.342 e. The zero-order valence-electron chi connectivity index (χ0n) is 19.6. The van der Waals surface area contributed by atoms with Crippen LogP contribution in [0, 0.1) is 30.5 Å². The van der Waals surface area contributed by atoms with Gasteiger partial charge in [-0.3, -0.25) is 9.69 Å². The summed E-state index contributed by atoms with van der Waals surface area (Å²) < 4.78 is 13.6. The third kappa shape index (κ3) is 6.39. The van der Waals surface area contributed by atoms with Gasteiger partial charge in [-0.15, -0.1) is 0 Å². The fourth-order valence-electron chi connectivity index (χ4n) is 4.77. The van der Waals surface area contributed by atoms with Gasteiger partial charge in [0.1, 0.15) is 5.82 Å². The Bertz CT molecular complexity index is 862. The summed E-state index contributed by atoms with van der Waals surface area (Å²) in [6.45, 7) is 14.7. The molecular formula is C27H37FN2O. The van der Waals surface area contributed by atoms with Crippen molar-refractivity contribution in [2.75, 3.05) is 26.2 Å². The number of likely N-dealkylation sites (tertiary alicyclic amines) is 1. The maximum atomic E-state index is 13.6. The smallest absolute Gasteiger partial charge is 0.225 e. The van der Waals surface area contributed by atoms with Crippen LogP contribution in [0.3, 0.4) is 0 Å². The minimum atomic E-state index is -0.202. The molecular weight excluding hydrogens is 387 g/mol. The molecule has 0 bridgehead atoms. The highest BCUT2D eigenvalue weighted by molar-refractivity contribution is 5.78. The number of carbonyl (C=O) groups is 1. The molecule has 4 heteroatoms. The van der Waals surface area contributed by atoms with Crippen LogP contribution in [-0.2, 0) is 11.3 Å². The summed E-state index contributed by atoms with van der Waals surface area (Å²) in [5.41, 5.74) is 3.75. The van der Waals surface area contributed by atoms with Gasteiger partial charge in [0.2, 0.25) is 5.91 Å². The van der Waals surface area contributed by atoms with Crippen molar-refractivity contribution in [1.82, 2.24) is 9.80 Å². The van der Waals surface area contributed by atoms with Gasteiger partial charge in [0.15, 0.2) is 0 Å². The number of halogens is 1. The number of benzene rings is 2. The number of amides is 1. The van der Waals surface area contributed by atoms with E-state index in [0.717, 1.165) is 32.7 Å². The van der Waals surface area contributed by atoms with E-state index >= 15 is 0 Å². The van der Waals surface area contributed by atoms with E-state index in [1.54, 1.807) is 12.1 Å². The second kappa shape index (κ2) is 10.4. The number of carbonyl (C=O) groups excluding carboxylic acids is 1. The Morgan fingerprint density at radius 1 is 1.10 bits per heavy atom. The Morgan fingerprint density at radius 3 is 2.42 bits per heavy atom. The second-order valence-corrected chi connectivity index (χ2v) is 9.89. The molecule has 1 saturated heterocycles. The quantitative estimate of drug-likeness (QED) is 0.559. The number of hydrogen-bond acceptors (Lipinski definition) is 2. The normalized spacial score (nSPS) is 19.4. The van der Waals surface area contributed by atoms with E-state index in [1.807, 2.05) is 26.0 Å². The zero-order chi connectivity index (χ0) is 22.5. The first-order valence-corrected chi connectivity index (χ1v) is 11.5. The molecule has 3 nitrogen and oxygen atoms in total. The fraction of sp³-hybridized carbons (Fsp3) is 0.519. The fourth-order valence-corrected chi connectivity index (χ4v) is 4.77. The molecule has 1 heterocycles. The van der Waals surface area contributed by atoms with E-state index < -0.39 is 0 Å². The average Bonchev–Trinajstić information content (AvgIpc) is 3.09. The van der Waals surface area contributed by atoms with Crippen molar-refractivity contribution in [3.63, 3.8) is 0 Å². The van der Waals surface area contributed by atoms with Crippen LogP contribution in [0.4, 0.5) is 4.39 Å². The van der Waals surface area contributed by atoms with Gasteiger partial charge in [-0.25, -0.2) is 4.39 Å². The second-order valence-electron chi connectivity index (χ2n) is 9.89. The molecule has 2 atom stereocenters. The largest absolute Gasteiger partial charge is 0.342 e. The molecule has 1 aliphatic heterocycles. The van der Waals surface area contributed by atoms with Crippen molar-refractivity contribution < 1.29 is 9.18 Å². The van der Waals surface area contributed by atoms with Crippen molar-refractivity contribution in [2.24, 2.45) is 17.8 Å². The molecule has 2 aromatic carbocycles. The molecule has 2 aromatic rings. The minimum absolute atomic E-state index is 0.00665. The van der Waals surface area contributed by atoms with E-state index in [2.05, 4.69) is 54.8 Å². The summed E-state index contributed by atoms with van der Waals surface area (Å²) >= 11 is 0. The highest BCUT2D eigenvalue weighted by Gasteiger charge is 2.36. The van der Waals surface area contributed by atoms with Crippen molar-refractivity contribution in [2.45, 2.75) is 47.1 Å². The summed E-state index contributed by atoms with van der Waals surface area (Å²) in [6.07, 6.45) is 0. The van der Waals surface area contributed by atoms with Crippen LogP contribution in [0.25, 0.3) is 0 Å². The lowest BCUT2D eigenvalue weighted by Gasteiger charge is -2.31. The third-order valence-corrected chi connectivity index (χ3v) is 6.15. The SMILES string of the molecule is Cc1cccc(CN2C[C@H](CN(CC(C)C)C(=O)C(C)C)[C@H](c3ccc(F)cc3)C2)c1. The van der Waals surface area contributed by atoms with Crippen molar-refractivity contribution in [3.8, 4) is 0 Å². The summed E-state index contributed by atoms with van der Waals surface area (Å²) in [5, 5.41) is 0. The number of rotatable bonds is 8. The van der Waals surface area contributed by atoms with E-state index in [0.29, 0.717) is 17.8 Å². The molecule has 3 rings (SSSR count). The first-order valence-electron chi connectivity index (χ1n) is 11.5. The molecule has 1 aliphatic rings. The van der Waals surface area contributed by atoms with Crippen molar-refractivity contribution in [3.05, 3.63) is 71.0 Å². The van der Waals surface area contributed by atoms with Crippen molar-refractivity contribution >= 4 is 5.91 Å². The maximum Gasteiger partial charge on any atom is 0.225 e. The molecule has 1 amide bonds. The lowest BCUT2D eigenvalue weighted by atomic mass is 9.88. The molecule has 0 radical (unpaired) electrons. The van der Waals surface area contributed by atoms with E-state index in [1.165, 1.54) is 16.7 Å². The summed E-state index contributed by atoms with van der Waals surface area (Å²) in [5.74, 6) is 1.07. The topological polar surface area (TPSA) is 23.6 Å². The average molecular weight is 425 g/mol. The van der Waals surface area contributed by atoms with E-state index in [4.69, 9.17) is 0 Å². The van der Waals surface area contributed by atoms with Gasteiger partial charge in [0.25, 0.3) is 0 Å². The van der Waals surface area contributed by atoms with Gasteiger partial charge in [-0.1, -0.05) is 69.7 Å². The molecule has 0 aromatic heterocycles.